The van der Waals surface area contributed by atoms with E-state index in [1.807, 2.05) is 0 Å². The Morgan fingerprint density at radius 3 is 2.26 bits per heavy atom. The number of aliphatic carboxylic acids is 1. The fourth-order valence-corrected chi connectivity index (χ4v) is 1.45. The van der Waals surface area contributed by atoms with Gasteiger partial charge >= 0.3 is 12.0 Å². The van der Waals surface area contributed by atoms with Crippen molar-refractivity contribution >= 4 is 17.9 Å². The van der Waals surface area contributed by atoms with Crippen molar-refractivity contribution in [2.45, 2.75) is 52.9 Å². The first-order valence-electron chi connectivity index (χ1n) is 6.60. The molecule has 110 valence electrons. The summed E-state index contributed by atoms with van der Waals surface area (Å²) in [5.41, 5.74) is -1.18. The molecule has 3 N–H and O–H groups in total. The molecule has 0 atom stereocenters. The van der Waals surface area contributed by atoms with E-state index in [1.165, 1.54) is 13.8 Å². The molecule has 0 aromatic carbocycles. The van der Waals surface area contributed by atoms with Crippen molar-refractivity contribution in [3.05, 3.63) is 0 Å². The van der Waals surface area contributed by atoms with E-state index < -0.39 is 23.3 Å². The molecule has 6 nitrogen and oxygen atoms in total. The average molecular weight is 272 g/mol. The number of nitrogens with one attached hydrogen (secondary N) is 2. The highest BCUT2D eigenvalue weighted by molar-refractivity contribution is 5.96. The normalized spacial score (nSPS) is 10.9. The van der Waals surface area contributed by atoms with Gasteiger partial charge in [-0.3, -0.25) is 14.9 Å². The monoisotopic (exact) mass is 272 g/mol. The third kappa shape index (κ3) is 8.18. The highest BCUT2D eigenvalue weighted by atomic mass is 16.4. The van der Waals surface area contributed by atoms with Crippen molar-refractivity contribution in [1.29, 1.82) is 0 Å². The van der Waals surface area contributed by atoms with Gasteiger partial charge in [0.2, 0.25) is 5.91 Å². The SMILES string of the molecule is CCCCCCNC(=O)NC(=O)CC(C)(C)C(=O)O. The number of imide groups is 1. The number of carbonyl (C=O) groups is 3. The van der Waals surface area contributed by atoms with Crippen molar-refractivity contribution in [2.75, 3.05) is 6.54 Å². The Hall–Kier alpha value is -1.59. The fraction of sp³-hybridized carbons (Fsp3) is 0.769. The molecule has 6 heteroatoms. The Kier molecular flexibility index (Phi) is 7.79. The van der Waals surface area contributed by atoms with Crippen LogP contribution < -0.4 is 10.6 Å². The van der Waals surface area contributed by atoms with Gasteiger partial charge in [0.15, 0.2) is 0 Å². The summed E-state index contributed by atoms with van der Waals surface area (Å²) in [6.07, 6.45) is 3.92. The van der Waals surface area contributed by atoms with Crippen LogP contribution in [0.1, 0.15) is 52.9 Å². The largest absolute Gasteiger partial charge is 0.481 e. The molecule has 0 bridgehead atoms. The van der Waals surface area contributed by atoms with Crippen LogP contribution in [0.5, 0.6) is 0 Å². The minimum absolute atomic E-state index is 0.231. The molecule has 0 saturated heterocycles. The van der Waals surface area contributed by atoms with Crippen LogP contribution in [0.4, 0.5) is 4.79 Å². The van der Waals surface area contributed by atoms with Crippen molar-refractivity contribution in [1.82, 2.24) is 10.6 Å². The Bertz CT molecular complexity index is 327. The average Bonchev–Trinajstić information content (AvgIpc) is 2.27. The van der Waals surface area contributed by atoms with E-state index in [2.05, 4.69) is 17.6 Å². The zero-order valence-corrected chi connectivity index (χ0v) is 11.9. The number of hydrogen-bond acceptors (Lipinski definition) is 3. The second-order valence-electron chi connectivity index (χ2n) is 5.23. The summed E-state index contributed by atoms with van der Waals surface area (Å²) in [7, 11) is 0. The molecule has 0 aliphatic carbocycles. The van der Waals surface area contributed by atoms with Gasteiger partial charge in [0.05, 0.1) is 5.41 Å². The van der Waals surface area contributed by atoms with E-state index in [4.69, 9.17) is 5.11 Å². The van der Waals surface area contributed by atoms with Crippen molar-refractivity contribution < 1.29 is 19.5 Å². The number of unbranched alkanes of at least 4 members (excludes halogenated alkanes) is 3. The molecule has 0 saturated carbocycles. The quantitative estimate of drug-likeness (QED) is 0.588. The molecular weight excluding hydrogens is 248 g/mol. The fourth-order valence-electron chi connectivity index (χ4n) is 1.45. The van der Waals surface area contributed by atoms with E-state index in [9.17, 15) is 14.4 Å². The van der Waals surface area contributed by atoms with Gasteiger partial charge in [-0.15, -0.1) is 0 Å². The Balaban J connectivity index is 3.87. The van der Waals surface area contributed by atoms with Crippen LogP contribution in [0.3, 0.4) is 0 Å². The number of rotatable bonds is 8. The van der Waals surface area contributed by atoms with Crippen LogP contribution in [-0.4, -0.2) is 29.6 Å². The second kappa shape index (κ2) is 8.50. The van der Waals surface area contributed by atoms with Crippen LogP contribution in [0.15, 0.2) is 0 Å². The van der Waals surface area contributed by atoms with Gasteiger partial charge in [-0.1, -0.05) is 26.2 Å². The van der Waals surface area contributed by atoms with E-state index in [1.54, 1.807) is 0 Å². The zero-order valence-electron chi connectivity index (χ0n) is 11.9. The first-order valence-corrected chi connectivity index (χ1v) is 6.60. The van der Waals surface area contributed by atoms with Crippen molar-refractivity contribution in [3.8, 4) is 0 Å². The van der Waals surface area contributed by atoms with E-state index in [0.717, 1.165) is 25.7 Å². The van der Waals surface area contributed by atoms with Gasteiger partial charge in [0.1, 0.15) is 0 Å². The number of hydrogen-bond donors (Lipinski definition) is 3. The summed E-state index contributed by atoms with van der Waals surface area (Å²) in [6, 6.07) is -0.567. The van der Waals surface area contributed by atoms with Gasteiger partial charge in [-0.2, -0.15) is 0 Å². The first kappa shape index (κ1) is 17.4. The molecule has 0 spiro atoms. The summed E-state index contributed by atoms with van der Waals surface area (Å²) in [5.74, 6) is -1.65. The maximum absolute atomic E-state index is 11.5. The lowest BCUT2D eigenvalue weighted by Crippen LogP contribution is -2.42. The third-order valence-electron chi connectivity index (χ3n) is 2.75. The first-order chi connectivity index (χ1) is 8.79. The zero-order chi connectivity index (χ0) is 14.9. The summed E-state index contributed by atoms with van der Waals surface area (Å²) >= 11 is 0. The molecule has 0 radical (unpaired) electrons. The highest BCUT2D eigenvalue weighted by Crippen LogP contribution is 2.19. The van der Waals surface area contributed by atoms with Crippen molar-refractivity contribution in [2.24, 2.45) is 5.41 Å². The molecule has 19 heavy (non-hydrogen) atoms. The standard InChI is InChI=1S/C13H24N2O4/c1-4-5-6-7-8-14-12(19)15-10(16)9-13(2,3)11(17)18/h4-9H2,1-3H3,(H,17,18)(H2,14,15,16,19). The smallest absolute Gasteiger partial charge is 0.321 e. The maximum atomic E-state index is 11.5. The Morgan fingerprint density at radius 1 is 1.11 bits per heavy atom. The highest BCUT2D eigenvalue weighted by Gasteiger charge is 2.30. The number of amides is 3. The third-order valence-corrected chi connectivity index (χ3v) is 2.75. The maximum Gasteiger partial charge on any atom is 0.321 e. The molecule has 0 aliphatic rings. The molecule has 0 aromatic heterocycles. The second-order valence-corrected chi connectivity index (χ2v) is 5.23. The van der Waals surface area contributed by atoms with Crippen LogP contribution in [0.2, 0.25) is 0 Å². The predicted molar refractivity (Wildman–Crippen MR) is 71.7 cm³/mol. The molecule has 0 rings (SSSR count). The molecule has 0 unspecified atom stereocenters. The van der Waals surface area contributed by atoms with Crippen LogP contribution in [-0.2, 0) is 9.59 Å². The molecule has 0 fully saturated rings. The number of carboxylic acid groups (broad SMARTS) is 1. The summed E-state index contributed by atoms with van der Waals surface area (Å²) < 4.78 is 0. The van der Waals surface area contributed by atoms with E-state index >= 15 is 0 Å². The van der Waals surface area contributed by atoms with Crippen LogP contribution in [0.25, 0.3) is 0 Å². The Morgan fingerprint density at radius 2 is 1.74 bits per heavy atom. The molecule has 0 aliphatic heterocycles. The van der Waals surface area contributed by atoms with Gasteiger partial charge in [0.25, 0.3) is 0 Å². The lowest BCUT2D eigenvalue weighted by atomic mass is 9.89. The number of urea groups is 1. The van der Waals surface area contributed by atoms with E-state index in [-0.39, 0.29) is 6.42 Å². The lowest BCUT2D eigenvalue weighted by molar-refractivity contribution is -0.149. The summed E-state index contributed by atoms with van der Waals surface area (Å²) in [5, 5.41) is 13.6. The minimum Gasteiger partial charge on any atom is -0.481 e. The van der Waals surface area contributed by atoms with Gasteiger partial charge in [0, 0.05) is 13.0 Å². The summed E-state index contributed by atoms with van der Waals surface area (Å²) in [4.78, 5) is 33.7. The van der Waals surface area contributed by atoms with Crippen molar-refractivity contribution in [3.63, 3.8) is 0 Å². The molecule has 0 aromatic rings. The topological polar surface area (TPSA) is 95.5 Å². The molecule has 3 amide bonds. The predicted octanol–water partition coefficient (Wildman–Crippen LogP) is 1.89. The van der Waals surface area contributed by atoms with E-state index in [0.29, 0.717) is 6.54 Å². The number of carboxylic acids is 1. The van der Waals surface area contributed by atoms with Gasteiger partial charge in [-0.05, 0) is 20.3 Å². The Labute approximate surface area is 113 Å². The number of carbonyl (C=O) groups excluding carboxylic acids is 2. The van der Waals surface area contributed by atoms with Gasteiger partial charge < -0.3 is 10.4 Å². The molecular formula is C13H24N2O4. The lowest BCUT2D eigenvalue weighted by Gasteiger charge is -2.17. The van der Waals surface area contributed by atoms with Gasteiger partial charge in [-0.25, -0.2) is 4.79 Å². The van der Waals surface area contributed by atoms with Crippen LogP contribution in [0, 0.1) is 5.41 Å². The summed E-state index contributed by atoms with van der Waals surface area (Å²) in [6.45, 7) is 5.50. The molecule has 0 heterocycles. The van der Waals surface area contributed by atoms with Crippen LogP contribution >= 0.6 is 0 Å². The minimum atomic E-state index is -1.18.